The maximum absolute atomic E-state index is 12.0. The molecule has 0 N–H and O–H groups in total. The lowest BCUT2D eigenvalue weighted by Gasteiger charge is -2.35. The van der Waals surface area contributed by atoms with Gasteiger partial charge in [-0.05, 0) is 42.7 Å². The Hall–Kier alpha value is -0.830. The maximum Gasteiger partial charge on any atom is 0.178 e. The molecule has 0 aromatic heterocycles. The molecule has 3 rings (SSSR count). The molecule has 0 spiro atoms. The Bertz CT molecular complexity index is 490. The van der Waals surface area contributed by atoms with Crippen molar-refractivity contribution in [2.24, 2.45) is 5.92 Å². The van der Waals surface area contributed by atoms with Gasteiger partial charge in [0.15, 0.2) is 9.84 Å². The van der Waals surface area contributed by atoms with Gasteiger partial charge in [-0.2, -0.15) is 0 Å². The molecule has 1 saturated carbocycles. The second-order valence-electron chi connectivity index (χ2n) is 4.59. The molecule has 1 aliphatic heterocycles. The van der Waals surface area contributed by atoms with Crippen LogP contribution in [0.5, 0.6) is 0 Å². The average Bonchev–Trinajstić information content (AvgIpc) is 2.22. The summed E-state index contributed by atoms with van der Waals surface area (Å²) in [5.74, 6) is 1.47. The minimum atomic E-state index is -3.00. The van der Waals surface area contributed by atoms with E-state index in [0.29, 0.717) is 22.5 Å². The fourth-order valence-corrected chi connectivity index (χ4v) is 4.51. The molecule has 80 valence electrons. The van der Waals surface area contributed by atoms with E-state index < -0.39 is 9.84 Å². The fraction of sp³-hybridized carbons (Fsp3) is 0.500. The number of hydrogen-bond donors (Lipinski definition) is 0. The van der Waals surface area contributed by atoms with Crippen molar-refractivity contribution in [3.05, 3.63) is 29.8 Å². The first-order valence-corrected chi connectivity index (χ1v) is 7.15. The molecule has 1 fully saturated rings. The van der Waals surface area contributed by atoms with E-state index in [0.717, 1.165) is 18.4 Å². The van der Waals surface area contributed by atoms with Gasteiger partial charge in [0.1, 0.15) is 0 Å². The summed E-state index contributed by atoms with van der Waals surface area (Å²) < 4.78 is 24.0. The molecular weight excluding hydrogens is 208 g/mol. The van der Waals surface area contributed by atoms with Gasteiger partial charge >= 0.3 is 0 Å². The minimum Gasteiger partial charge on any atom is -0.224 e. The van der Waals surface area contributed by atoms with E-state index in [1.807, 2.05) is 18.2 Å². The van der Waals surface area contributed by atoms with Crippen LogP contribution in [0.25, 0.3) is 0 Å². The first kappa shape index (κ1) is 9.40. The van der Waals surface area contributed by atoms with E-state index in [9.17, 15) is 8.42 Å². The molecule has 0 radical (unpaired) electrons. The summed E-state index contributed by atoms with van der Waals surface area (Å²) >= 11 is 0. The van der Waals surface area contributed by atoms with Crippen LogP contribution in [0.3, 0.4) is 0 Å². The third-order valence-corrected chi connectivity index (χ3v) is 5.64. The Morgan fingerprint density at radius 3 is 2.60 bits per heavy atom. The summed E-state index contributed by atoms with van der Waals surface area (Å²) in [4.78, 5) is 0.595. The van der Waals surface area contributed by atoms with E-state index in [2.05, 4.69) is 0 Å². The van der Waals surface area contributed by atoms with Crippen molar-refractivity contribution >= 4 is 9.84 Å². The van der Waals surface area contributed by atoms with Crippen molar-refractivity contribution in [1.29, 1.82) is 0 Å². The van der Waals surface area contributed by atoms with Crippen LogP contribution in [0.1, 0.15) is 30.7 Å². The maximum atomic E-state index is 12.0. The zero-order chi connectivity index (χ0) is 10.5. The number of fused-ring (bicyclic) bond motifs is 3. The van der Waals surface area contributed by atoms with Crippen LogP contribution in [0, 0.1) is 5.92 Å². The van der Waals surface area contributed by atoms with Gasteiger partial charge in [0.25, 0.3) is 0 Å². The van der Waals surface area contributed by atoms with Crippen molar-refractivity contribution in [3.8, 4) is 0 Å². The average molecular weight is 222 g/mol. The molecule has 1 unspecified atom stereocenters. The molecule has 2 atom stereocenters. The highest BCUT2D eigenvalue weighted by molar-refractivity contribution is 7.91. The summed E-state index contributed by atoms with van der Waals surface area (Å²) in [6.45, 7) is 0. The van der Waals surface area contributed by atoms with Gasteiger partial charge in [-0.15, -0.1) is 0 Å². The molecule has 1 aromatic carbocycles. The summed E-state index contributed by atoms with van der Waals surface area (Å²) in [5.41, 5.74) is 1.08. The highest BCUT2D eigenvalue weighted by Crippen LogP contribution is 2.48. The van der Waals surface area contributed by atoms with Crippen molar-refractivity contribution in [2.75, 3.05) is 5.75 Å². The predicted molar refractivity (Wildman–Crippen MR) is 58.6 cm³/mol. The van der Waals surface area contributed by atoms with Gasteiger partial charge in [-0.1, -0.05) is 18.2 Å². The Balaban J connectivity index is 2.21. The number of hydrogen-bond acceptors (Lipinski definition) is 2. The first-order chi connectivity index (χ1) is 7.18. The van der Waals surface area contributed by atoms with E-state index in [1.54, 1.807) is 6.07 Å². The highest BCUT2D eigenvalue weighted by Gasteiger charge is 2.38. The number of rotatable bonds is 0. The van der Waals surface area contributed by atoms with Crippen molar-refractivity contribution in [2.45, 2.75) is 30.1 Å². The Kier molecular flexibility index (Phi) is 1.93. The van der Waals surface area contributed by atoms with Gasteiger partial charge in [-0.25, -0.2) is 8.42 Å². The largest absolute Gasteiger partial charge is 0.224 e. The van der Waals surface area contributed by atoms with Crippen LogP contribution in [0.2, 0.25) is 0 Å². The van der Waals surface area contributed by atoms with Crippen LogP contribution in [-0.2, 0) is 9.84 Å². The Labute approximate surface area is 90.2 Å². The first-order valence-electron chi connectivity index (χ1n) is 5.50. The van der Waals surface area contributed by atoms with Crippen LogP contribution in [-0.4, -0.2) is 14.2 Å². The molecule has 0 bridgehead atoms. The van der Waals surface area contributed by atoms with E-state index in [-0.39, 0.29) is 0 Å². The zero-order valence-electron chi connectivity index (χ0n) is 8.52. The fourth-order valence-electron chi connectivity index (χ4n) is 2.81. The van der Waals surface area contributed by atoms with Crippen molar-refractivity contribution in [1.82, 2.24) is 0 Å². The van der Waals surface area contributed by atoms with Crippen LogP contribution >= 0.6 is 0 Å². The molecule has 1 aliphatic carbocycles. The van der Waals surface area contributed by atoms with E-state index in [1.165, 1.54) is 6.42 Å². The van der Waals surface area contributed by atoms with Gasteiger partial charge in [0.05, 0.1) is 10.6 Å². The Morgan fingerprint density at radius 1 is 1.07 bits per heavy atom. The summed E-state index contributed by atoms with van der Waals surface area (Å²) in [6.07, 6.45) is 3.22. The summed E-state index contributed by atoms with van der Waals surface area (Å²) in [7, 11) is -3.00. The summed E-state index contributed by atoms with van der Waals surface area (Å²) in [6, 6.07) is 7.55. The summed E-state index contributed by atoms with van der Waals surface area (Å²) in [5, 5.41) is 0. The third kappa shape index (κ3) is 1.33. The molecule has 2 nitrogen and oxygen atoms in total. The van der Waals surface area contributed by atoms with Gasteiger partial charge in [-0.3, -0.25) is 0 Å². The SMILES string of the molecule is O=S1(=O)CCC2CC[C@@H]2c2ccccc21. The molecule has 0 amide bonds. The van der Waals surface area contributed by atoms with Crippen LogP contribution in [0.15, 0.2) is 29.2 Å². The molecule has 1 aromatic rings. The molecule has 2 aliphatic rings. The lowest BCUT2D eigenvalue weighted by molar-refractivity contribution is 0.248. The monoisotopic (exact) mass is 222 g/mol. The normalized spacial score (nSPS) is 32.0. The standard InChI is InChI=1S/C12H14O2S/c13-15(14)8-7-9-5-6-10(9)11-3-1-2-4-12(11)15/h1-4,9-10H,5-8H2/t9?,10-/m0/s1. The number of benzene rings is 1. The molecular formula is C12H14O2S. The highest BCUT2D eigenvalue weighted by atomic mass is 32.2. The molecule has 1 heterocycles. The van der Waals surface area contributed by atoms with Gasteiger partial charge < -0.3 is 0 Å². The second-order valence-corrected chi connectivity index (χ2v) is 6.67. The van der Waals surface area contributed by atoms with E-state index >= 15 is 0 Å². The quantitative estimate of drug-likeness (QED) is 0.675. The Morgan fingerprint density at radius 2 is 1.87 bits per heavy atom. The van der Waals surface area contributed by atoms with E-state index in [4.69, 9.17) is 0 Å². The zero-order valence-corrected chi connectivity index (χ0v) is 9.33. The molecule has 3 heteroatoms. The smallest absolute Gasteiger partial charge is 0.178 e. The van der Waals surface area contributed by atoms with Crippen molar-refractivity contribution < 1.29 is 8.42 Å². The molecule has 0 saturated heterocycles. The third-order valence-electron chi connectivity index (χ3n) is 3.83. The van der Waals surface area contributed by atoms with Crippen LogP contribution in [0.4, 0.5) is 0 Å². The second kappa shape index (κ2) is 3.08. The van der Waals surface area contributed by atoms with Gasteiger partial charge in [0, 0.05) is 0 Å². The predicted octanol–water partition coefficient (Wildman–Crippen LogP) is 2.36. The lowest BCUT2D eigenvalue weighted by atomic mass is 9.69. The molecule has 15 heavy (non-hydrogen) atoms. The number of sulfone groups is 1. The lowest BCUT2D eigenvalue weighted by Crippen LogP contribution is -2.23. The van der Waals surface area contributed by atoms with Gasteiger partial charge in [0.2, 0.25) is 0 Å². The van der Waals surface area contributed by atoms with Crippen LogP contribution < -0.4 is 0 Å². The topological polar surface area (TPSA) is 34.1 Å². The van der Waals surface area contributed by atoms with Crippen molar-refractivity contribution in [3.63, 3.8) is 0 Å². The minimum absolute atomic E-state index is 0.338.